The van der Waals surface area contributed by atoms with Crippen LogP contribution in [0.5, 0.6) is 5.75 Å². The summed E-state index contributed by atoms with van der Waals surface area (Å²) in [5.74, 6) is 0.647. The van der Waals surface area contributed by atoms with Crippen LogP contribution < -0.4 is 10.1 Å². The van der Waals surface area contributed by atoms with Crippen LogP contribution in [0.3, 0.4) is 0 Å². The third-order valence-corrected chi connectivity index (χ3v) is 2.49. The maximum absolute atomic E-state index is 12.1. The molecule has 0 saturated heterocycles. The number of amides is 1. The Morgan fingerprint density at radius 1 is 1.32 bits per heavy atom. The molecule has 0 radical (unpaired) electrons. The van der Waals surface area contributed by atoms with Crippen molar-refractivity contribution in [1.29, 1.82) is 0 Å². The molecule has 1 N–H and O–H groups in total. The Balaban J connectivity index is 2.93. The van der Waals surface area contributed by atoms with Crippen LogP contribution in [0.4, 0.5) is 0 Å². The van der Waals surface area contributed by atoms with Crippen molar-refractivity contribution in [3.63, 3.8) is 0 Å². The van der Waals surface area contributed by atoms with Crippen molar-refractivity contribution in [2.24, 2.45) is 0 Å². The molecule has 0 fully saturated rings. The third-order valence-electron chi connectivity index (χ3n) is 2.49. The van der Waals surface area contributed by atoms with Crippen molar-refractivity contribution >= 4 is 5.91 Å². The molecule has 0 heterocycles. The summed E-state index contributed by atoms with van der Waals surface area (Å²) >= 11 is 0. The molecule has 0 spiro atoms. The van der Waals surface area contributed by atoms with Gasteiger partial charge in [0.25, 0.3) is 5.91 Å². The standard InChI is InChI=1S/C15H23NO3/c1-6-19-10-12-9-11(7-8-13(12)18-5)14(17)16-15(2,3)4/h7-9H,6,10H2,1-5H3,(H,16,17). The Bertz CT molecular complexity index is 436. The first kappa shape index (κ1) is 15.5. The monoisotopic (exact) mass is 265 g/mol. The van der Waals surface area contributed by atoms with Crippen LogP contribution in [-0.2, 0) is 11.3 Å². The zero-order valence-electron chi connectivity index (χ0n) is 12.4. The molecule has 4 heteroatoms. The van der Waals surface area contributed by atoms with E-state index in [1.54, 1.807) is 19.2 Å². The minimum absolute atomic E-state index is 0.0899. The van der Waals surface area contributed by atoms with Crippen molar-refractivity contribution in [2.75, 3.05) is 13.7 Å². The zero-order chi connectivity index (χ0) is 14.5. The predicted molar refractivity (Wildman–Crippen MR) is 75.5 cm³/mol. The van der Waals surface area contributed by atoms with Crippen LogP contribution in [0.2, 0.25) is 0 Å². The van der Waals surface area contributed by atoms with Crippen LogP contribution in [0.1, 0.15) is 43.6 Å². The van der Waals surface area contributed by atoms with E-state index in [2.05, 4.69) is 5.32 Å². The lowest BCUT2D eigenvalue weighted by molar-refractivity contribution is 0.0919. The van der Waals surface area contributed by atoms with Gasteiger partial charge in [-0.05, 0) is 45.9 Å². The van der Waals surface area contributed by atoms with Crippen molar-refractivity contribution in [2.45, 2.75) is 39.8 Å². The molecular weight excluding hydrogens is 242 g/mol. The fourth-order valence-electron chi connectivity index (χ4n) is 1.66. The van der Waals surface area contributed by atoms with Crippen LogP contribution >= 0.6 is 0 Å². The molecule has 0 unspecified atom stereocenters. The fraction of sp³-hybridized carbons (Fsp3) is 0.533. The SMILES string of the molecule is CCOCc1cc(C(=O)NC(C)(C)C)ccc1OC. The molecule has 1 aromatic rings. The van der Waals surface area contributed by atoms with Gasteiger partial charge in [-0.15, -0.1) is 0 Å². The summed E-state index contributed by atoms with van der Waals surface area (Å²) < 4.78 is 10.7. The molecule has 0 aliphatic carbocycles. The summed E-state index contributed by atoms with van der Waals surface area (Å²) in [4.78, 5) is 12.1. The normalized spacial score (nSPS) is 11.2. The number of rotatable bonds is 5. The van der Waals surface area contributed by atoms with Gasteiger partial charge in [0.05, 0.1) is 13.7 Å². The van der Waals surface area contributed by atoms with Crippen molar-refractivity contribution in [1.82, 2.24) is 5.32 Å². The Labute approximate surface area is 115 Å². The van der Waals surface area contributed by atoms with Gasteiger partial charge in [-0.1, -0.05) is 0 Å². The summed E-state index contributed by atoms with van der Waals surface area (Å²) in [6.07, 6.45) is 0. The Morgan fingerprint density at radius 3 is 2.53 bits per heavy atom. The van der Waals surface area contributed by atoms with Crippen LogP contribution in [0, 0.1) is 0 Å². The molecule has 106 valence electrons. The number of carbonyl (C=O) groups excluding carboxylic acids is 1. The number of methoxy groups -OCH3 is 1. The highest BCUT2D eigenvalue weighted by Gasteiger charge is 2.16. The van der Waals surface area contributed by atoms with E-state index in [0.717, 1.165) is 11.3 Å². The van der Waals surface area contributed by atoms with E-state index < -0.39 is 0 Å². The molecular formula is C15H23NO3. The van der Waals surface area contributed by atoms with Gasteiger partial charge in [0.15, 0.2) is 0 Å². The molecule has 19 heavy (non-hydrogen) atoms. The maximum Gasteiger partial charge on any atom is 0.251 e. The van der Waals surface area contributed by atoms with Gasteiger partial charge < -0.3 is 14.8 Å². The number of carbonyl (C=O) groups is 1. The quantitative estimate of drug-likeness (QED) is 0.890. The van der Waals surface area contributed by atoms with Gasteiger partial charge in [-0.2, -0.15) is 0 Å². The van der Waals surface area contributed by atoms with E-state index in [9.17, 15) is 4.79 Å². The molecule has 1 amide bonds. The fourth-order valence-corrected chi connectivity index (χ4v) is 1.66. The van der Waals surface area contributed by atoms with E-state index in [0.29, 0.717) is 18.8 Å². The number of ether oxygens (including phenoxy) is 2. The first-order chi connectivity index (χ1) is 8.87. The molecule has 0 bridgehead atoms. The molecule has 0 aromatic heterocycles. The second-order valence-electron chi connectivity index (χ2n) is 5.37. The number of nitrogens with one attached hydrogen (secondary N) is 1. The number of hydrogen-bond acceptors (Lipinski definition) is 3. The van der Waals surface area contributed by atoms with E-state index in [1.807, 2.05) is 33.8 Å². The first-order valence-electron chi connectivity index (χ1n) is 6.44. The Hall–Kier alpha value is -1.55. The predicted octanol–water partition coefficient (Wildman–Crippen LogP) is 2.76. The van der Waals surface area contributed by atoms with Crippen molar-refractivity contribution in [3.05, 3.63) is 29.3 Å². The summed E-state index contributed by atoms with van der Waals surface area (Å²) in [6.45, 7) is 8.86. The summed E-state index contributed by atoms with van der Waals surface area (Å²) in [5, 5.41) is 2.94. The van der Waals surface area contributed by atoms with Gasteiger partial charge >= 0.3 is 0 Å². The molecule has 1 rings (SSSR count). The van der Waals surface area contributed by atoms with Gasteiger partial charge in [-0.3, -0.25) is 4.79 Å². The molecule has 0 aliphatic heterocycles. The van der Waals surface area contributed by atoms with Gasteiger partial charge in [-0.25, -0.2) is 0 Å². The highest BCUT2D eigenvalue weighted by Crippen LogP contribution is 2.21. The first-order valence-corrected chi connectivity index (χ1v) is 6.44. The highest BCUT2D eigenvalue weighted by atomic mass is 16.5. The number of benzene rings is 1. The minimum Gasteiger partial charge on any atom is -0.496 e. The van der Waals surface area contributed by atoms with Gasteiger partial charge in [0.1, 0.15) is 5.75 Å². The zero-order valence-corrected chi connectivity index (χ0v) is 12.4. The minimum atomic E-state index is -0.253. The Morgan fingerprint density at radius 2 is 2.00 bits per heavy atom. The van der Waals surface area contributed by atoms with Gasteiger partial charge in [0, 0.05) is 23.3 Å². The largest absolute Gasteiger partial charge is 0.496 e. The highest BCUT2D eigenvalue weighted by molar-refractivity contribution is 5.95. The molecule has 4 nitrogen and oxygen atoms in total. The van der Waals surface area contributed by atoms with E-state index in [-0.39, 0.29) is 11.4 Å². The second-order valence-corrected chi connectivity index (χ2v) is 5.37. The average Bonchev–Trinajstić information content (AvgIpc) is 2.33. The van der Waals surface area contributed by atoms with Crippen LogP contribution in [0.15, 0.2) is 18.2 Å². The van der Waals surface area contributed by atoms with Crippen molar-refractivity contribution < 1.29 is 14.3 Å². The molecule has 0 saturated carbocycles. The molecule has 1 aromatic carbocycles. The average molecular weight is 265 g/mol. The summed E-state index contributed by atoms with van der Waals surface area (Å²) in [7, 11) is 1.61. The molecule has 0 aliphatic rings. The van der Waals surface area contributed by atoms with E-state index in [1.165, 1.54) is 0 Å². The van der Waals surface area contributed by atoms with Crippen LogP contribution in [0.25, 0.3) is 0 Å². The lowest BCUT2D eigenvalue weighted by atomic mass is 10.1. The number of hydrogen-bond donors (Lipinski definition) is 1. The van der Waals surface area contributed by atoms with E-state index in [4.69, 9.17) is 9.47 Å². The Kier molecular flexibility index (Phi) is 5.36. The van der Waals surface area contributed by atoms with Crippen LogP contribution in [-0.4, -0.2) is 25.2 Å². The van der Waals surface area contributed by atoms with E-state index >= 15 is 0 Å². The lowest BCUT2D eigenvalue weighted by Gasteiger charge is -2.21. The lowest BCUT2D eigenvalue weighted by Crippen LogP contribution is -2.40. The third kappa shape index (κ3) is 4.91. The smallest absolute Gasteiger partial charge is 0.251 e. The topological polar surface area (TPSA) is 47.6 Å². The summed E-state index contributed by atoms with van der Waals surface area (Å²) in [5.41, 5.74) is 1.24. The van der Waals surface area contributed by atoms with Gasteiger partial charge in [0.2, 0.25) is 0 Å². The second kappa shape index (κ2) is 6.57. The summed E-state index contributed by atoms with van der Waals surface area (Å²) in [6, 6.07) is 5.37. The maximum atomic E-state index is 12.1. The van der Waals surface area contributed by atoms with Crippen molar-refractivity contribution in [3.8, 4) is 5.75 Å². The molecule has 0 atom stereocenters.